The highest BCUT2D eigenvalue weighted by Crippen LogP contribution is 2.17. The number of aromatic amines is 1. The minimum absolute atomic E-state index is 0.0392. The second-order valence-electron chi connectivity index (χ2n) is 5.36. The van der Waals surface area contributed by atoms with Crippen molar-refractivity contribution in [3.05, 3.63) is 24.3 Å². The van der Waals surface area contributed by atoms with Crippen LogP contribution < -0.4 is 10.6 Å². The molecule has 1 aliphatic rings. The number of rotatable bonds is 4. The van der Waals surface area contributed by atoms with Crippen molar-refractivity contribution in [2.45, 2.75) is 38.1 Å². The van der Waals surface area contributed by atoms with E-state index in [9.17, 15) is 4.79 Å². The molecule has 3 N–H and O–H groups in total. The van der Waals surface area contributed by atoms with Gasteiger partial charge in [-0.25, -0.2) is 4.98 Å². The smallest absolute Gasteiger partial charge is 0.239 e. The van der Waals surface area contributed by atoms with Gasteiger partial charge in [0.05, 0.1) is 17.6 Å². The summed E-state index contributed by atoms with van der Waals surface area (Å²) < 4.78 is 0. The van der Waals surface area contributed by atoms with E-state index in [1.165, 1.54) is 19.3 Å². The number of H-pyrrole nitrogens is 1. The van der Waals surface area contributed by atoms with Gasteiger partial charge in [-0.2, -0.15) is 0 Å². The van der Waals surface area contributed by atoms with Crippen LogP contribution in [0.15, 0.2) is 24.3 Å². The van der Waals surface area contributed by atoms with Crippen LogP contribution in [0.2, 0.25) is 0 Å². The summed E-state index contributed by atoms with van der Waals surface area (Å²) in [5.74, 6) is 0.683. The number of benzene rings is 1. The highest BCUT2D eigenvalue weighted by molar-refractivity contribution is 5.82. The summed E-state index contributed by atoms with van der Waals surface area (Å²) in [5.41, 5.74) is 1.88. The SMILES string of the molecule is O=C(CNc1nc2ccccc2[nH]1)NC1CCCCC1. The Morgan fingerprint density at radius 2 is 2.05 bits per heavy atom. The first-order valence-corrected chi connectivity index (χ1v) is 7.29. The second kappa shape index (κ2) is 5.94. The lowest BCUT2D eigenvalue weighted by atomic mass is 9.95. The molecule has 1 aromatic heterocycles. The molecule has 1 aromatic carbocycles. The Hall–Kier alpha value is -2.04. The third kappa shape index (κ3) is 3.10. The first-order valence-electron chi connectivity index (χ1n) is 7.29. The average Bonchev–Trinajstić information content (AvgIpc) is 2.89. The Morgan fingerprint density at radius 3 is 2.85 bits per heavy atom. The van der Waals surface area contributed by atoms with Gasteiger partial charge in [-0.05, 0) is 25.0 Å². The molecule has 2 aromatic rings. The van der Waals surface area contributed by atoms with Crippen molar-refractivity contribution in [2.24, 2.45) is 0 Å². The van der Waals surface area contributed by atoms with Crippen molar-refractivity contribution in [1.82, 2.24) is 15.3 Å². The first-order chi connectivity index (χ1) is 9.81. The molecule has 0 unspecified atom stereocenters. The van der Waals surface area contributed by atoms with Crippen LogP contribution in [0.1, 0.15) is 32.1 Å². The molecule has 0 bridgehead atoms. The third-order valence-electron chi connectivity index (χ3n) is 3.78. The minimum atomic E-state index is 0.0392. The van der Waals surface area contributed by atoms with Crippen molar-refractivity contribution >= 4 is 22.9 Å². The summed E-state index contributed by atoms with van der Waals surface area (Å²) in [4.78, 5) is 19.4. The van der Waals surface area contributed by atoms with E-state index in [4.69, 9.17) is 0 Å². The van der Waals surface area contributed by atoms with Crippen molar-refractivity contribution in [2.75, 3.05) is 11.9 Å². The van der Waals surface area contributed by atoms with E-state index in [1.807, 2.05) is 24.3 Å². The van der Waals surface area contributed by atoms with E-state index in [2.05, 4.69) is 20.6 Å². The number of carbonyl (C=O) groups excluding carboxylic acids is 1. The lowest BCUT2D eigenvalue weighted by Crippen LogP contribution is -2.39. The van der Waals surface area contributed by atoms with Crippen LogP contribution in [0.4, 0.5) is 5.95 Å². The summed E-state index contributed by atoms with van der Waals surface area (Å²) in [6, 6.07) is 8.17. The monoisotopic (exact) mass is 272 g/mol. The quantitative estimate of drug-likeness (QED) is 0.800. The van der Waals surface area contributed by atoms with Crippen LogP contribution in [0.25, 0.3) is 11.0 Å². The van der Waals surface area contributed by atoms with E-state index < -0.39 is 0 Å². The van der Waals surface area contributed by atoms with Gasteiger partial charge in [0.1, 0.15) is 0 Å². The van der Waals surface area contributed by atoms with E-state index in [0.717, 1.165) is 23.9 Å². The molecule has 0 aliphatic heterocycles. The van der Waals surface area contributed by atoms with Crippen LogP contribution in [-0.2, 0) is 4.79 Å². The lowest BCUT2D eigenvalue weighted by molar-refractivity contribution is -0.120. The highest BCUT2D eigenvalue weighted by Gasteiger charge is 2.15. The number of carbonyl (C=O) groups is 1. The molecule has 5 nitrogen and oxygen atoms in total. The molecule has 1 saturated carbocycles. The second-order valence-corrected chi connectivity index (χ2v) is 5.36. The molecule has 1 heterocycles. The van der Waals surface area contributed by atoms with Gasteiger partial charge in [0, 0.05) is 6.04 Å². The number of imidazole rings is 1. The van der Waals surface area contributed by atoms with Crippen molar-refractivity contribution < 1.29 is 4.79 Å². The fraction of sp³-hybridized carbons (Fsp3) is 0.467. The van der Waals surface area contributed by atoms with E-state index in [0.29, 0.717) is 12.0 Å². The third-order valence-corrected chi connectivity index (χ3v) is 3.78. The Bertz CT molecular complexity index is 553. The molecule has 0 spiro atoms. The molecule has 5 heteroatoms. The van der Waals surface area contributed by atoms with Gasteiger partial charge >= 0.3 is 0 Å². The van der Waals surface area contributed by atoms with Crippen LogP contribution in [0.5, 0.6) is 0 Å². The van der Waals surface area contributed by atoms with E-state index in [1.54, 1.807) is 0 Å². The van der Waals surface area contributed by atoms with Gasteiger partial charge in [0.2, 0.25) is 11.9 Å². The topological polar surface area (TPSA) is 69.8 Å². The summed E-state index contributed by atoms with van der Waals surface area (Å²) in [5, 5.41) is 6.12. The zero-order valence-electron chi connectivity index (χ0n) is 11.5. The predicted octanol–water partition coefficient (Wildman–Crippen LogP) is 2.42. The number of hydrogen-bond acceptors (Lipinski definition) is 3. The normalized spacial score (nSPS) is 16.2. The molecule has 1 fully saturated rings. The molecule has 1 amide bonds. The fourth-order valence-corrected chi connectivity index (χ4v) is 2.73. The van der Waals surface area contributed by atoms with Gasteiger partial charge in [-0.3, -0.25) is 4.79 Å². The summed E-state index contributed by atoms with van der Waals surface area (Å²) in [6.45, 7) is 0.260. The van der Waals surface area contributed by atoms with Gasteiger partial charge in [0.15, 0.2) is 0 Å². The van der Waals surface area contributed by atoms with Crippen LogP contribution in [0.3, 0.4) is 0 Å². The fourth-order valence-electron chi connectivity index (χ4n) is 2.73. The number of hydrogen-bond donors (Lipinski definition) is 3. The molecule has 106 valence electrons. The molecule has 0 saturated heterocycles. The van der Waals surface area contributed by atoms with E-state index in [-0.39, 0.29) is 12.5 Å². The average molecular weight is 272 g/mol. The molecular weight excluding hydrogens is 252 g/mol. The number of fused-ring (bicyclic) bond motifs is 1. The zero-order chi connectivity index (χ0) is 13.8. The van der Waals surface area contributed by atoms with Gasteiger partial charge in [0.25, 0.3) is 0 Å². The number of amides is 1. The largest absolute Gasteiger partial charge is 0.352 e. The van der Waals surface area contributed by atoms with Crippen molar-refractivity contribution in [3.8, 4) is 0 Å². The van der Waals surface area contributed by atoms with Crippen LogP contribution in [0, 0.1) is 0 Å². The minimum Gasteiger partial charge on any atom is -0.352 e. The maximum Gasteiger partial charge on any atom is 0.239 e. The first kappa shape index (κ1) is 13.0. The summed E-state index contributed by atoms with van der Waals surface area (Å²) in [6.07, 6.45) is 5.96. The summed E-state index contributed by atoms with van der Waals surface area (Å²) in [7, 11) is 0. The lowest BCUT2D eigenvalue weighted by Gasteiger charge is -2.22. The van der Waals surface area contributed by atoms with Crippen LogP contribution >= 0.6 is 0 Å². The molecular formula is C15H20N4O. The van der Waals surface area contributed by atoms with Crippen molar-refractivity contribution in [1.29, 1.82) is 0 Å². The Balaban J connectivity index is 1.51. The Labute approximate surface area is 118 Å². The number of nitrogens with one attached hydrogen (secondary N) is 3. The molecule has 3 rings (SSSR count). The van der Waals surface area contributed by atoms with Gasteiger partial charge in [-0.15, -0.1) is 0 Å². The summed E-state index contributed by atoms with van der Waals surface area (Å²) >= 11 is 0. The Kier molecular flexibility index (Phi) is 3.85. The maximum atomic E-state index is 11.9. The van der Waals surface area contributed by atoms with E-state index >= 15 is 0 Å². The molecule has 0 radical (unpaired) electrons. The number of nitrogens with zero attached hydrogens (tertiary/aromatic N) is 1. The number of anilines is 1. The molecule has 20 heavy (non-hydrogen) atoms. The van der Waals surface area contributed by atoms with Crippen molar-refractivity contribution in [3.63, 3.8) is 0 Å². The Morgan fingerprint density at radius 1 is 1.25 bits per heavy atom. The van der Waals surface area contributed by atoms with Crippen LogP contribution in [-0.4, -0.2) is 28.5 Å². The predicted molar refractivity (Wildman–Crippen MR) is 79.6 cm³/mol. The maximum absolute atomic E-state index is 11.9. The number of para-hydroxylation sites is 2. The van der Waals surface area contributed by atoms with Gasteiger partial charge in [-0.1, -0.05) is 31.4 Å². The molecule has 0 atom stereocenters. The van der Waals surface area contributed by atoms with Gasteiger partial charge < -0.3 is 15.6 Å². The highest BCUT2D eigenvalue weighted by atomic mass is 16.2. The number of aromatic nitrogens is 2. The standard InChI is InChI=1S/C15H20N4O/c20-14(17-11-6-2-1-3-7-11)10-16-15-18-12-8-4-5-9-13(12)19-15/h4-5,8-9,11H,1-3,6-7,10H2,(H,17,20)(H2,16,18,19). The molecule has 1 aliphatic carbocycles. The zero-order valence-corrected chi connectivity index (χ0v) is 11.5.